The van der Waals surface area contributed by atoms with Crippen LogP contribution in [0.25, 0.3) is 0 Å². The molecule has 1 aromatic heterocycles. The number of benzene rings is 1. The molecule has 1 aromatic carbocycles. The lowest BCUT2D eigenvalue weighted by molar-refractivity contribution is 0.262. The highest BCUT2D eigenvalue weighted by molar-refractivity contribution is 7.15. The molecule has 0 saturated carbocycles. The molecule has 5 heteroatoms. The average Bonchev–Trinajstić information content (AvgIpc) is 2.87. The molecule has 0 radical (unpaired) electrons. The Morgan fingerprint density at radius 2 is 1.71 bits per heavy atom. The first kappa shape index (κ1) is 15.5. The summed E-state index contributed by atoms with van der Waals surface area (Å²) in [4.78, 5) is 17.3. The summed E-state index contributed by atoms with van der Waals surface area (Å²) in [7, 11) is 0. The lowest BCUT2D eigenvalue weighted by Crippen LogP contribution is -2.19. The fraction of sp³-hybridized carbons (Fsp3) is 0.375. The van der Waals surface area contributed by atoms with E-state index in [1.807, 2.05) is 30.5 Å². The maximum absolute atomic E-state index is 11.9. The second-order valence-corrected chi connectivity index (χ2v) is 6.64. The van der Waals surface area contributed by atoms with Crippen molar-refractivity contribution in [3.8, 4) is 0 Å². The van der Waals surface area contributed by atoms with Crippen LogP contribution >= 0.6 is 11.3 Å². The Labute approximate surface area is 129 Å². The van der Waals surface area contributed by atoms with Crippen molar-refractivity contribution in [2.75, 3.05) is 10.6 Å². The molecule has 0 aliphatic carbocycles. The van der Waals surface area contributed by atoms with E-state index in [9.17, 15) is 4.79 Å². The van der Waals surface area contributed by atoms with E-state index in [1.54, 1.807) is 0 Å². The first-order valence-corrected chi connectivity index (χ1v) is 7.91. The van der Waals surface area contributed by atoms with Crippen molar-refractivity contribution in [1.29, 1.82) is 0 Å². The fourth-order valence-corrected chi connectivity index (χ4v) is 2.64. The number of nitrogens with one attached hydrogen (secondary N) is 2. The standard InChI is InChI=1S/C16H21N3OS/c1-10(2)12-5-7-13(8-6-12)18-15(20)19-16-17-9-14(21-16)11(3)4/h5-11H,1-4H3,(H2,17,18,19,20). The van der Waals surface area contributed by atoms with Gasteiger partial charge in [-0.25, -0.2) is 9.78 Å². The molecule has 2 N–H and O–H groups in total. The van der Waals surface area contributed by atoms with Crippen LogP contribution in [0.2, 0.25) is 0 Å². The number of aromatic nitrogens is 1. The number of urea groups is 1. The number of carbonyl (C=O) groups excluding carboxylic acids is 1. The first-order valence-electron chi connectivity index (χ1n) is 7.09. The Balaban J connectivity index is 1.94. The summed E-state index contributed by atoms with van der Waals surface area (Å²) < 4.78 is 0. The quantitative estimate of drug-likeness (QED) is 0.832. The van der Waals surface area contributed by atoms with E-state index in [2.05, 4.69) is 43.3 Å². The van der Waals surface area contributed by atoms with Crippen LogP contribution in [0, 0.1) is 0 Å². The third-order valence-electron chi connectivity index (χ3n) is 3.15. The van der Waals surface area contributed by atoms with Crippen molar-refractivity contribution in [1.82, 2.24) is 4.98 Å². The van der Waals surface area contributed by atoms with Gasteiger partial charge >= 0.3 is 6.03 Å². The summed E-state index contributed by atoms with van der Waals surface area (Å²) >= 11 is 1.50. The van der Waals surface area contributed by atoms with Crippen molar-refractivity contribution in [3.63, 3.8) is 0 Å². The van der Waals surface area contributed by atoms with Crippen molar-refractivity contribution >= 4 is 28.2 Å². The third-order valence-corrected chi connectivity index (χ3v) is 4.36. The molecule has 2 amide bonds. The van der Waals surface area contributed by atoms with Crippen LogP contribution in [-0.4, -0.2) is 11.0 Å². The topological polar surface area (TPSA) is 54.0 Å². The van der Waals surface area contributed by atoms with Gasteiger partial charge < -0.3 is 5.32 Å². The number of rotatable bonds is 4. The zero-order valence-corrected chi connectivity index (χ0v) is 13.6. The summed E-state index contributed by atoms with van der Waals surface area (Å²) in [6.45, 7) is 8.50. The Hall–Kier alpha value is -1.88. The van der Waals surface area contributed by atoms with Gasteiger partial charge in [0.25, 0.3) is 0 Å². The second kappa shape index (κ2) is 6.72. The van der Waals surface area contributed by atoms with E-state index in [0.717, 1.165) is 10.6 Å². The maximum atomic E-state index is 11.9. The van der Waals surface area contributed by atoms with Gasteiger partial charge in [-0.1, -0.05) is 39.8 Å². The van der Waals surface area contributed by atoms with E-state index >= 15 is 0 Å². The number of nitrogens with zero attached hydrogens (tertiary/aromatic N) is 1. The molecular weight excluding hydrogens is 282 g/mol. The first-order chi connectivity index (χ1) is 9.95. The van der Waals surface area contributed by atoms with Gasteiger partial charge in [0.2, 0.25) is 0 Å². The maximum Gasteiger partial charge on any atom is 0.325 e. The monoisotopic (exact) mass is 303 g/mol. The van der Waals surface area contributed by atoms with E-state index in [1.165, 1.54) is 16.9 Å². The molecule has 0 aliphatic rings. The lowest BCUT2D eigenvalue weighted by atomic mass is 10.0. The number of hydrogen-bond donors (Lipinski definition) is 2. The largest absolute Gasteiger partial charge is 0.325 e. The molecule has 1 heterocycles. The summed E-state index contributed by atoms with van der Waals surface area (Å²) in [6, 6.07) is 7.62. The van der Waals surface area contributed by atoms with Gasteiger partial charge in [-0.15, -0.1) is 11.3 Å². The van der Waals surface area contributed by atoms with Gasteiger partial charge in [0.1, 0.15) is 0 Å². The number of anilines is 2. The number of carbonyl (C=O) groups is 1. The minimum absolute atomic E-state index is 0.267. The number of amides is 2. The highest BCUT2D eigenvalue weighted by Gasteiger charge is 2.09. The number of hydrogen-bond acceptors (Lipinski definition) is 3. The van der Waals surface area contributed by atoms with Crippen molar-refractivity contribution in [2.45, 2.75) is 39.5 Å². The lowest BCUT2D eigenvalue weighted by Gasteiger charge is -2.08. The van der Waals surface area contributed by atoms with E-state index in [0.29, 0.717) is 17.0 Å². The molecule has 0 atom stereocenters. The van der Waals surface area contributed by atoms with Gasteiger partial charge in [0, 0.05) is 16.8 Å². The van der Waals surface area contributed by atoms with Crippen LogP contribution in [0.4, 0.5) is 15.6 Å². The van der Waals surface area contributed by atoms with Crippen LogP contribution in [0.15, 0.2) is 30.5 Å². The fourth-order valence-electron chi connectivity index (χ4n) is 1.82. The summed E-state index contributed by atoms with van der Waals surface area (Å²) in [5.74, 6) is 0.905. The van der Waals surface area contributed by atoms with Crippen LogP contribution in [0.3, 0.4) is 0 Å². The molecule has 0 aliphatic heterocycles. The SMILES string of the molecule is CC(C)c1ccc(NC(=O)Nc2ncc(C(C)C)s2)cc1. The molecule has 2 rings (SSSR count). The summed E-state index contributed by atoms with van der Waals surface area (Å²) in [6.07, 6.45) is 1.81. The van der Waals surface area contributed by atoms with Gasteiger partial charge in [-0.05, 0) is 29.5 Å². The zero-order chi connectivity index (χ0) is 15.4. The highest BCUT2D eigenvalue weighted by Crippen LogP contribution is 2.25. The molecule has 0 spiro atoms. The molecule has 0 saturated heterocycles. The zero-order valence-electron chi connectivity index (χ0n) is 12.8. The van der Waals surface area contributed by atoms with Crippen molar-refractivity contribution in [3.05, 3.63) is 40.9 Å². The molecule has 0 fully saturated rings. The third kappa shape index (κ3) is 4.29. The van der Waals surface area contributed by atoms with Crippen LogP contribution in [0.5, 0.6) is 0 Å². The van der Waals surface area contributed by atoms with E-state index in [4.69, 9.17) is 0 Å². The highest BCUT2D eigenvalue weighted by atomic mass is 32.1. The van der Waals surface area contributed by atoms with Crippen molar-refractivity contribution < 1.29 is 4.79 Å². The average molecular weight is 303 g/mol. The van der Waals surface area contributed by atoms with Gasteiger partial charge in [0.05, 0.1) is 0 Å². The minimum Gasteiger partial charge on any atom is -0.308 e. The number of thiazole rings is 1. The van der Waals surface area contributed by atoms with Crippen LogP contribution < -0.4 is 10.6 Å². The molecule has 0 unspecified atom stereocenters. The molecule has 2 aromatic rings. The summed E-state index contributed by atoms with van der Waals surface area (Å²) in [5, 5.41) is 6.19. The summed E-state index contributed by atoms with van der Waals surface area (Å²) in [5.41, 5.74) is 2.03. The molecule has 4 nitrogen and oxygen atoms in total. The molecule has 112 valence electrons. The minimum atomic E-state index is -0.267. The Morgan fingerprint density at radius 1 is 1.05 bits per heavy atom. The normalized spacial score (nSPS) is 11.0. The van der Waals surface area contributed by atoms with E-state index in [-0.39, 0.29) is 6.03 Å². The molecule has 0 bridgehead atoms. The molecular formula is C16H21N3OS. The van der Waals surface area contributed by atoms with Gasteiger partial charge in [-0.2, -0.15) is 0 Å². The second-order valence-electron chi connectivity index (χ2n) is 5.58. The Kier molecular flexibility index (Phi) is 4.96. The van der Waals surface area contributed by atoms with Gasteiger partial charge in [-0.3, -0.25) is 5.32 Å². The van der Waals surface area contributed by atoms with Gasteiger partial charge in [0.15, 0.2) is 5.13 Å². The van der Waals surface area contributed by atoms with Crippen LogP contribution in [-0.2, 0) is 0 Å². The van der Waals surface area contributed by atoms with Crippen LogP contribution in [0.1, 0.15) is 50.0 Å². The smallest absolute Gasteiger partial charge is 0.308 e. The Bertz CT molecular complexity index is 602. The molecule has 21 heavy (non-hydrogen) atoms. The predicted molar refractivity (Wildman–Crippen MR) is 89.4 cm³/mol. The Morgan fingerprint density at radius 3 is 2.24 bits per heavy atom. The van der Waals surface area contributed by atoms with Crippen molar-refractivity contribution in [2.24, 2.45) is 0 Å². The van der Waals surface area contributed by atoms with E-state index < -0.39 is 0 Å². The predicted octanol–water partition coefficient (Wildman–Crippen LogP) is 5.03.